The maximum absolute atomic E-state index is 12.1. The number of pyridine rings is 2. The van der Waals surface area contributed by atoms with Gasteiger partial charge >= 0.3 is 5.97 Å². The zero-order valence-electron chi connectivity index (χ0n) is 11.7. The highest BCUT2D eigenvalue weighted by atomic mass is 16.5. The summed E-state index contributed by atoms with van der Waals surface area (Å²) >= 11 is 0. The second-order valence-corrected chi connectivity index (χ2v) is 4.47. The van der Waals surface area contributed by atoms with Crippen LogP contribution in [0, 0.1) is 0 Å². The molecule has 0 saturated carbocycles. The zero-order valence-corrected chi connectivity index (χ0v) is 11.7. The minimum Gasteiger partial charge on any atom is -0.460 e. The fraction of sp³-hybridized carbons (Fsp3) is 0.133. The smallest absolute Gasteiger partial charge is 0.374 e. The lowest BCUT2D eigenvalue weighted by Crippen LogP contribution is -2.18. The van der Waals surface area contributed by atoms with E-state index in [1.54, 1.807) is 31.6 Å². The summed E-state index contributed by atoms with van der Waals surface area (Å²) in [5.41, 5.74) is 1.42. The number of hydrogen-bond acceptors (Lipinski definition) is 6. The van der Waals surface area contributed by atoms with E-state index in [0.29, 0.717) is 5.39 Å². The van der Waals surface area contributed by atoms with Crippen LogP contribution in [0.3, 0.4) is 0 Å². The molecule has 1 N–H and O–H groups in total. The quantitative estimate of drug-likeness (QED) is 0.736. The molecule has 0 radical (unpaired) electrons. The summed E-state index contributed by atoms with van der Waals surface area (Å²) in [6.07, 6.45) is 4.91. The summed E-state index contributed by atoms with van der Waals surface area (Å²) in [6.45, 7) is 1.88. The number of carbonyl (C=O) groups is 1. The van der Waals surface area contributed by atoms with Crippen LogP contribution in [0.1, 0.15) is 17.5 Å². The maximum Gasteiger partial charge on any atom is 0.374 e. The first-order valence-corrected chi connectivity index (χ1v) is 6.66. The van der Waals surface area contributed by atoms with Crippen molar-refractivity contribution in [3.63, 3.8) is 0 Å². The number of rotatable bonds is 3. The Morgan fingerprint density at radius 3 is 2.77 bits per heavy atom. The molecule has 0 aliphatic heterocycles. The van der Waals surface area contributed by atoms with Crippen LogP contribution in [0.2, 0.25) is 0 Å². The van der Waals surface area contributed by atoms with Gasteiger partial charge in [0, 0.05) is 24.2 Å². The van der Waals surface area contributed by atoms with Gasteiger partial charge in [0.25, 0.3) is 5.56 Å². The largest absolute Gasteiger partial charge is 0.460 e. The maximum atomic E-state index is 12.1. The van der Waals surface area contributed by atoms with Crippen molar-refractivity contribution >= 4 is 17.0 Å². The lowest BCUT2D eigenvalue weighted by molar-refractivity contribution is 0.0512. The van der Waals surface area contributed by atoms with Gasteiger partial charge in [-0.3, -0.25) is 9.78 Å². The van der Waals surface area contributed by atoms with Gasteiger partial charge in [-0.25, -0.2) is 14.8 Å². The highest BCUT2D eigenvalue weighted by Gasteiger charge is 2.13. The van der Waals surface area contributed by atoms with Crippen molar-refractivity contribution in [3.8, 4) is 11.1 Å². The van der Waals surface area contributed by atoms with Gasteiger partial charge in [0.15, 0.2) is 5.65 Å². The van der Waals surface area contributed by atoms with E-state index in [2.05, 4.69) is 19.9 Å². The Kier molecular flexibility index (Phi) is 3.61. The van der Waals surface area contributed by atoms with Gasteiger partial charge in [0.2, 0.25) is 5.82 Å². The van der Waals surface area contributed by atoms with Crippen LogP contribution < -0.4 is 5.56 Å². The van der Waals surface area contributed by atoms with Crippen molar-refractivity contribution < 1.29 is 9.53 Å². The number of esters is 1. The molecule has 0 spiro atoms. The van der Waals surface area contributed by atoms with E-state index in [9.17, 15) is 9.59 Å². The molecular formula is C15H12N4O3. The summed E-state index contributed by atoms with van der Waals surface area (Å²) in [5, 5.41) is 0.308. The van der Waals surface area contributed by atoms with E-state index in [1.165, 1.54) is 0 Å². The van der Waals surface area contributed by atoms with Crippen molar-refractivity contribution in [2.24, 2.45) is 0 Å². The van der Waals surface area contributed by atoms with Crippen LogP contribution >= 0.6 is 0 Å². The first kappa shape index (κ1) is 13.9. The molecule has 0 aromatic carbocycles. The first-order valence-electron chi connectivity index (χ1n) is 6.66. The van der Waals surface area contributed by atoms with Crippen molar-refractivity contribution in [3.05, 3.63) is 53.0 Å². The second-order valence-electron chi connectivity index (χ2n) is 4.47. The Morgan fingerprint density at radius 2 is 2.05 bits per heavy atom. The van der Waals surface area contributed by atoms with Crippen LogP contribution in [0.25, 0.3) is 22.2 Å². The number of nitrogens with one attached hydrogen (secondary N) is 1. The number of aromatic nitrogens is 4. The Balaban J connectivity index is 2.11. The first-order chi connectivity index (χ1) is 10.7. The fourth-order valence-corrected chi connectivity index (χ4v) is 2.02. The third kappa shape index (κ3) is 2.56. The molecule has 7 nitrogen and oxygen atoms in total. The minimum atomic E-state index is -0.679. The zero-order chi connectivity index (χ0) is 15.5. The fourth-order valence-electron chi connectivity index (χ4n) is 2.02. The molecule has 0 bridgehead atoms. The van der Waals surface area contributed by atoms with Crippen LogP contribution in [0.5, 0.6) is 0 Å². The molecule has 22 heavy (non-hydrogen) atoms. The van der Waals surface area contributed by atoms with Gasteiger partial charge in [0.1, 0.15) is 0 Å². The SMILES string of the molecule is CCOC(=O)c1nc2ncc(-c3ccncc3)cc2c(=O)[nH]1. The lowest BCUT2D eigenvalue weighted by atomic mass is 10.1. The average molecular weight is 296 g/mol. The molecule has 0 unspecified atom stereocenters. The predicted molar refractivity (Wildman–Crippen MR) is 79.3 cm³/mol. The summed E-state index contributed by atoms with van der Waals surface area (Å²) in [5.74, 6) is -0.829. The summed E-state index contributed by atoms with van der Waals surface area (Å²) in [7, 11) is 0. The van der Waals surface area contributed by atoms with E-state index in [1.807, 2.05) is 12.1 Å². The van der Waals surface area contributed by atoms with E-state index < -0.39 is 11.5 Å². The Bertz CT molecular complexity index is 890. The van der Waals surface area contributed by atoms with Crippen molar-refractivity contribution in [2.75, 3.05) is 6.61 Å². The molecule has 0 aliphatic rings. The van der Waals surface area contributed by atoms with E-state index in [0.717, 1.165) is 11.1 Å². The predicted octanol–water partition coefficient (Wildman–Crippen LogP) is 1.56. The summed E-state index contributed by atoms with van der Waals surface area (Å²) in [6, 6.07) is 5.31. The molecule has 0 atom stereocenters. The number of H-pyrrole nitrogens is 1. The lowest BCUT2D eigenvalue weighted by Gasteiger charge is -2.04. The van der Waals surface area contributed by atoms with Gasteiger partial charge in [-0.2, -0.15) is 0 Å². The van der Waals surface area contributed by atoms with Crippen LogP contribution in [-0.4, -0.2) is 32.5 Å². The van der Waals surface area contributed by atoms with Gasteiger partial charge in [0.05, 0.1) is 12.0 Å². The van der Waals surface area contributed by atoms with Gasteiger partial charge in [-0.1, -0.05) is 0 Å². The van der Waals surface area contributed by atoms with Crippen molar-refractivity contribution in [2.45, 2.75) is 6.92 Å². The molecular weight excluding hydrogens is 284 g/mol. The Labute approximate surface area is 125 Å². The molecule has 3 aromatic rings. The highest BCUT2D eigenvalue weighted by Crippen LogP contribution is 2.19. The van der Waals surface area contributed by atoms with E-state index in [-0.39, 0.29) is 18.1 Å². The van der Waals surface area contributed by atoms with E-state index in [4.69, 9.17) is 4.74 Å². The number of ether oxygens (including phenoxy) is 1. The second kappa shape index (κ2) is 5.72. The van der Waals surface area contributed by atoms with Gasteiger partial charge in [-0.05, 0) is 30.7 Å². The third-order valence-corrected chi connectivity index (χ3v) is 3.04. The molecule has 110 valence electrons. The molecule has 0 fully saturated rings. The number of hydrogen-bond donors (Lipinski definition) is 1. The van der Waals surface area contributed by atoms with E-state index >= 15 is 0 Å². The van der Waals surface area contributed by atoms with Gasteiger partial charge in [-0.15, -0.1) is 0 Å². The van der Waals surface area contributed by atoms with Crippen LogP contribution in [-0.2, 0) is 4.74 Å². The minimum absolute atomic E-state index is 0.150. The van der Waals surface area contributed by atoms with Crippen molar-refractivity contribution in [1.82, 2.24) is 19.9 Å². The summed E-state index contributed by atoms with van der Waals surface area (Å²) < 4.78 is 4.82. The number of aromatic amines is 1. The Morgan fingerprint density at radius 1 is 1.27 bits per heavy atom. The molecule has 0 amide bonds. The molecule has 3 heterocycles. The van der Waals surface area contributed by atoms with Crippen LogP contribution in [0.4, 0.5) is 0 Å². The standard InChI is InChI=1S/C15H12N4O3/c1-2-22-15(21)13-18-12-11(14(20)19-13)7-10(8-17-12)9-3-5-16-6-4-9/h3-8H,2H2,1H3,(H,17,18,19,20). The highest BCUT2D eigenvalue weighted by molar-refractivity contribution is 5.88. The summed E-state index contributed by atoms with van der Waals surface area (Å²) in [4.78, 5) is 38.3. The molecule has 7 heteroatoms. The molecule has 0 saturated heterocycles. The topological polar surface area (TPSA) is 97.8 Å². The van der Waals surface area contributed by atoms with Gasteiger partial charge < -0.3 is 9.72 Å². The molecule has 3 aromatic heterocycles. The Hall–Kier alpha value is -3.09. The average Bonchev–Trinajstić information content (AvgIpc) is 2.55. The third-order valence-electron chi connectivity index (χ3n) is 3.04. The monoisotopic (exact) mass is 296 g/mol. The molecule has 0 aliphatic carbocycles. The number of nitrogens with zero attached hydrogens (tertiary/aromatic N) is 3. The van der Waals surface area contributed by atoms with Crippen LogP contribution in [0.15, 0.2) is 41.6 Å². The number of fused-ring (bicyclic) bond motifs is 1. The molecule has 3 rings (SSSR count). The normalized spacial score (nSPS) is 10.6. The van der Waals surface area contributed by atoms with Crippen molar-refractivity contribution in [1.29, 1.82) is 0 Å². The number of carbonyl (C=O) groups excluding carboxylic acids is 1.